The van der Waals surface area contributed by atoms with Crippen LogP contribution < -0.4 is 15.8 Å². The minimum Gasteiger partial charge on any atom is -0.489 e. The SMILES string of the molecule is Cc1ccn2c(-c3csc(Nc4cc(C(N)=O)ccc4OC(C)C)n3)c(C)nc2c1. The predicted molar refractivity (Wildman–Crippen MR) is 120 cm³/mol. The summed E-state index contributed by atoms with van der Waals surface area (Å²) in [4.78, 5) is 21.0. The molecular formula is C22H23N5O2S. The number of amides is 1. The van der Waals surface area contributed by atoms with Crippen LogP contribution in [0.25, 0.3) is 17.0 Å². The van der Waals surface area contributed by atoms with Crippen LogP contribution in [-0.4, -0.2) is 26.4 Å². The lowest BCUT2D eigenvalue weighted by molar-refractivity contribution is 0.100. The molecule has 0 aliphatic rings. The van der Waals surface area contributed by atoms with Gasteiger partial charge in [0.25, 0.3) is 0 Å². The van der Waals surface area contributed by atoms with Crippen LogP contribution in [0.15, 0.2) is 41.9 Å². The Hall–Kier alpha value is -3.39. The summed E-state index contributed by atoms with van der Waals surface area (Å²) in [5.41, 5.74) is 11.2. The third-order valence-electron chi connectivity index (χ3n) is 4.57. The number of fused-ring (bicyclic) bond motifs is 1. The number of pyridine rings is 1. The standard InChI is InChI=1S/C22H23N5O2S/c1-12(2)29-18-6-5-15(21(23)28)10-16(18)25-22-26-17(11-30-22)20-14(4)24-19-9-13(3)7-8-27(19)20/h5-12H,1-4H3,(H2,23,28)(H,25,26). The smallest absolute Gasteiger partial charge is 0.248 e. The first-order chi connectivity index (χ1) is 14.3. The van der Waals surface area contributed by atoms with Gasteiger partial charge in [-0.2, -0.15) is 0 Å². The van der Waals surface area contributed by atoms with E-state index in [0.29, 0.717) is 22.1 Å². The monoisotopic (exact) mass is 421 g/mol. The molecule has 0 saturated heterocycles. The van der Waals surface area contributed by atoms with Crippen molar-refractivity contribution in [1.82, 2.24) is 14.4 Å². The number of nitrogens with one attached hydrogen (secondary N) is 1. The average molecular weight is 422 g/mol. The molecule has 3 aromatic heterocycles. The van der Waals surface area contributed by atoms with Gasteiger partial charge in [-0.1, -0.05) is 0 Å². The summed E-state index contributed by atoms with van der Waals surface area (Å²) in [5.74, 6) is 0.138. The molecule has 1 aromatic carbocycles. The van der Waals surface area contributed by atoms with E-state index in [1.807, 2.05) is 55.8 Å². The second-order valence-corrected chi connectivity index (χ2v) is 8.24. The molecule has 4 rings (SSSR count). The number of hydrogen-bond acceptors (Lipinski definition) is 6. The Morgan fingerprint density at radius 3 is 2.73 bits per heavy atom. The van der Waals surface area contributed by atoms with Crippen LogP contribution in [0.5, 0.6) is 5.75 Å². The average Bonchev–Trinajstić information content (AvgIpc) is 3.25. The Labute approximate surface area is 178 Å². The molecule has 1 amide bonds. The van der Waals surface area contributed by atoms with Crippen molar-refractivity contribution in [2.24, 2.45) is 5.73 Å². The summed E-state index contributed by atoms with van der Waals surface area (Å²) >= 11 is 1.47. The third kappa shape index (κ3) is 3.86. The normalized spacial score (nSPS) is 11.2. The van der Waals surface area contributed by atoms with E-state index in [0.717, 1.165) is 28.3 Å². The summed E-state index contributed by atoms with van der Waals surface area (Å²) in [6.07, 6.45) is 2.00. The van der Waals surface area contributed by atoms with Crippen molar-refractivity contribution in [3.05, 3.63) is 58.7 Å². The summed E-state index contributed by atoms with van der Waals surface area (Å²) in [7, 11) is 0. The molecule has 30 heavy (non-hydrogen) atoms. The zero-order valence-corrected chi connectivity index (χ0v) is 18.1. The molecule has 4 aromatic rings. The van der Waals surface area contributed by atoms with Gasteiger partial charge in [0, 0.05) is 17.1 Å². The van der Waals surface area contributed by atoms with E-state index in [9.17, 15) is 4.79 Å². The fourth-order valence-electron chi connectivity index (χ4n) is 3.27. The molecule has 8 heteroatoms. The maximum Gasteiger partial charge on any atom is 0.248 e. The van der Waals surface area contributed by atoms with Crippen molar-refractivity contribution in [1.29, 1.82) is 0 Å². The summed E-state index contributed by atoms with van der Waals surface area (Å²) in [6.45, 7) is 7.92. The molecule has 3 N–H and O–H groups in total. The molecule has 7 nitrogen and oxygen atoms in total. The van der Waals surface area contributed by atoms with Crippen LogP contribution in [-0.2, 0) is 0 Å². The van der Waals surface area contributed by atoms with Crippen LogP contribution in [0.1, 0.15) is 35.5 Å². The van der Waals surface area contributed by atoms with E-state index in [-0.39, 0.29) is 6.10 Å². The zero-order chi connectivity index (χ0) is 21.4. The number of nitrogens with two attached hydrogens (primary N) is 1. The number of aromatic nitrogens is 3. The maximum atomic E-state index is 11.6. The lowest BCUT2D eigenvalue weighted by Crippen LogP contribution is -2.12. The number of imidazole rings is 1. The van der Waals surface area contributed by atoms with Gasteiger partial charge in [0.15, 0.2) is 5.13 Å². The van der Waals surface area contributed by atoms with Crippen molar-refractivity contribution in [2.45, 2.75) is 33.8 Å². The van der Waals surface area contributed by atoms with E-state index in [1.54, 1.807) is 18.2 Å². The Morgan fingerprint density at radius 2 is 2.00 bits per heavy atom. The Kier molecular flexibility index (Phi) is 5.17. The van der Waals surface area contributed by atoms with Gasteiger partial charge in [-0.15, -0.1) is 11.3 Å². The van der Waals surface area contributed by atoms with E-state index < -0.39 is 5.91 Å². The molecule has 0 radical (unpaired) electrons. The van der Waals surface area contributed by atoms with Gasteiger partial charge < -0.3 is 15.8 Å². The van der Waals surface area contributed by atoms with E-state index >= 15 is 0 Å². The minimum absolute atomic E-state index is 0.0129. The number of thiazole rings is 1. The largest absolute Gasteiger partial charge is 0.489 e. The zero-order valence-electron chi connectivity index (χ0n) is 17.3. The fraction of sp³-hybridized carbons (Fsp3) is 0.227. The maximum absolute atomic E-state index is 11.6. The molecule has 0 atom stereocenters. The summed E-state index contributed by atoms with van der Waals surface area (Å²) < 4.78 is 7.91. The van der Waals surface area contributed by atoms with Crippen LogP contribution >= 0.6 is 11.3 Å². The number of aryl methyl sites for hydroxylation is 2. The van der Waals surface area contributed by atoms with Crippen molar-refractivity contribution in [3.8, 4) is 17.1 Å². The van der Waals surface area contributed by atoms with Gasteiger partial charge in [0.05, 0.1) is 23.2 Å². The first kappa shape index (κ1) is 19.9. The van der Waals surface area contributed by atoms with Gasteiger partial charge in [-0.05, 0) is 63.6 Å². The number of anilines is 2. The highest BCUT2D eigenvalue weighted by atomic mass is 32.1. The Morgan fingerprint density at radius 1 is 1.20 bits per heavy atom. The van der Waals surface area contributed by atoms with Gasteiger partial charge in [-0.25, -0.2) is 9.97 Å². The van der Waals surface area contributed by atoms with Crippen LogP contribution in [0.2, 0.25) is 0 Å². The van der Waals surface area contributed by atoms with Crippen molar-refractivity contribution in [3.63, 3.8) is 0 Å². The molecule has 3 heterocycles. The molecule has 0 aliphatic carbocycles. The second-order valence-electron chi connectivity index (χ2n) is 7.38. The summed E-state index contributed by atoms with van der Waals surface area (Å²) in [6, 6.07) is 9.18. The minimum atomic E-state index is -0.495. The lowest BCUT2D eigenvalue weighted by Gasteiger charge is -2.15. The molecule has 0 unspecified atom stereocenters. The van der Waals surface area contributed by atoms with E-state index in [1.165, 1.54) is 11.3 Å². The molecule has 0 aliphatic heterocycles. The van der Waals surface area contributed by atoms with Crippen LogP contribution in [0, 0.1) is 13.8 Å². The molecule has 0 spiro atoms. The highest BCUT2D eigenvalue weighted by Gasteiger charge is 2.16. The number of hydrogen-bond donors (Lipinski definition) is 2. The van der Waals surface area contributed by atoms with Gasteiger partial charge in [-0.3, -0.25) is 9.20 Å². The quantitative estimate of drug-likeness (QED) is 0.470. The number of carbonyl (C=O) groups excluding carboxylic acids is 1. The van der Waals surface area contributed by atoms with Gasteiger partial charge in [0.2, 0.25) is 5.91 Å². The van der Waals surface area contributed by atoms with E-state index in [2.05, 4.69) is 10.3 Å². The van der Waals surface area contributed by atoms with Crippen molar-refractivity contribution >= 4 is 33.7 Å². The fourth-order valence-corrected chi connectivity index (χ4v) is 3.97. The third-order valence-corrected chi connectivity index (χ3v) is 5.33. The Balaban J connectivity index is 1.70. The molecule has 154 valence electrons. The number of ether oxygens (including phenoxy) is 1. The molecule has 0 fully saturated rings. The van der Waals surface area contributed by atoms with E-state index in [4.69, 9.17) is 15.5 Å². The molecule has 0 saturated carbocycles. The number of primary amides is 1. The highest BCUT2D eigenvalue weighted by molar-refractivity contribution is 7.14. The highest BCUT2D eigenvalue weighted by Crippen LogP contribution is 2.34. The summed E-state index contributed by atoms with van der Waals surface area (Å²) in [5, 5.41) is 5.94. The topological polar surface area (TPSA) is 94.5 Å². The Bertz CT molecular complexity index is 1240. The number of benzene rings is 1. The number of carbonyl (C=O) groups is 1. The first-order valence-corrected chi connectivity index (χ1v) is 10.5. The van der Waals surface area contributed by atoms with Crippen LogP contribution in [0.3, 0.4) is 0 Å². The lowest BCUT2D eigenvalue weighted by atomic mass is 10.1. The predicted octanol–water partition coefficient (Wildman–Crippen LogP) is 4.70. The van der Waals surface area contributed by atoms with Crippen molar-refractivity contribution in [2.75, 3.05) is 5.32 Å². The van der Waals surface area contributed by atoms with Gasteiger partial charge in [0.1, 0.15) is 17.1 Å². The van der Waals surface area contributed by atoms with Crippen molar-refractivity contribution < 1.29 is 9.53 Å². The first-order valence-electron chi connectivity index (χ1n) is 9.60. The number of nitrogens with zero attached hydrogens (tertiary/aromatic N) is 3. The van der Waals surface area contributed by atoms with Gasteiger partial charge >= 0.3 is 0 Å². The van der Waals surface area contributed by atoms with Crippen LogP contribution in [0.4, 0.5) is 10.8 Å². The molecule has 0 bridgehead atoms. The number of rotatable bonds is 6. The molecular weight excluding hydrogens is 398 g/mol. The second kappa shape index (κ2) is 7.79.